The normalized spacial score (nSPS) is 12.8. The summed E-state index contributed by atoms with van der Waals surface area (Å²) in [5.41, 5.74) is 0.933. The quantitative estimate of drug-likeness (QED) is 0.644. The van der Waals surface area contributed by atoms with Crippen molar-refractivity contribution < 1.29 is 22.7 Å². The number of carboxylic acid groups (broad SMARTS) is 1. The van der Waals surface area contributed by atoms with Gasteiger partial charge in [-0.2, -0.15) is 0 Å². The fraction of sp³-hybridized carbons (Fsp3) is 0.421. The van der Waals surface area contributed by atoms with E-state index in [0.717, 1.165) is 37.0 Å². The highest BCUT2D eigenvalue weighted by Crippen LogP contribution is 2.22. The molecule has 0 radical (unpaired) electrons. The fourth-order valence-corrected chi connectivity index (χ4v) is 4.33. The number of carbonyl (C=O) groups is 1. The van der Waals surface area contributed by atoms with E-state index in [1.54, 1.807) is 18.4 Å². The Morgan fingerprint density at radius 1 is 1.08 bits per heavy atom. The summed E-state index contributed by atoms with van der Waals surface area (Å²) in [6.45, 7) is 1.85. The minimum absolute atomic E-state index is 0.0725. The average Bonchev–Trinajstić information content (AvgIpc) is 3.07. The third kappa shape index (κ3) is 5.46. The molecule has 0 aliphatic rings. The van der Waals surface area contributed by atoms with Crippen LogP contribution in [0.2, 0.25) is 0 Å². The summed E-state index contributed by atoms with van der Waals surface area (Å²) in [4.78, 5) is 11.5. The number of carboxylic acids is 1. The van der Waals surface area contributed by atoms with Gasteiger partial charge in [-0.1, -0.05) is 37.0 Å². The third-order valence-electron chi connectivity index (χ3n) is 4.22. The molecule has 1 unspecified atom stereocenters. The van der Waals surface area contributed by atoms with Crippen molar-refractivity contribution in [3.8, 4) is 0 Å². The molecule has 6 heteroatoms. The molecule has 0 aliphatic carbocycles. The van der Waals surface area contributed by atoms with Crippen molar-refractivity contribution in [3.05, 3.63) is 54.0 Å². The molecule has 0 saturated carbocycles. The van der Waals surface area contributed by atoms with Crippen molar-refractivity contribution in [1.29, 1.82) is 0 Å². The standard InChI is InChI=1S/C19H24O5S/c1-15-10-12-17(13-11-15)25(22,23)18(19(20)21)9-5-3-2-4-7-16-8-6-14-24-16/h6,8,10-14,18H,2-5,7,9H2,1H3,(H,20,21). The Kier molecular flexibility index (Phi) is 6.82. The van der Waals surface area contributed by atoms with Crippen molar-refractivity contribution in [2.45, 2.75) is 55.6 Å². The van der Waals surface area contributed by atoms with E-state index in [-0.39, 0.29) is 11.3 Å². The van der Waals surface area contributed by atoms with E-state index in [1.807, 2.05) is 19.1 Å². The van der Waals surface area contributed by atoms with Crippen LogP contribution in [-0.4, -0.2) is 24.7 Å². The monoisotopic (exact) mass is 364 g/mol. The number of hydrogen-bond acceptors (Lipinski definition) is 4. The Balaban J connectivity index is 1.85. The molecule has 2 rings (SSSR count). The van der Waals surface area contributed by atoms with Crippen LogP contribution in [0.15, 0.2) is 52.0 Å². The lowest BCUT2D eigenvalue weighted by molar-refractivity contribution is -0.136. The van der Waals surface area contributed by atoms with Gasteiger partial charge in [0.25, 0.3) is 0 Å². The number of unbranched alkanes of at least 4 members (excludes halogenated alkanes) is 3. The highest BCUT2D eigenvalue weighted by atomic mass is 32.2. The van der Waals surface area contributed by atoms with Crippen LogP contribution in [0.5, 0.6) is 0 Å². The zero-order valence-electron chi connectivity index (χ0n) is 14.3. The molecule has 0 bridgehead atoms. The van der Waals surface area contributed by atoms with Crippen LogP contribution in [0.3, 0.4) is 0 Å². The Morgan fingerprint density at radius 3 is 2.36 bits per heavy atom. The molecule has 0 amide bonds. The van der Waals surface area contributed by atoms with Gasteiger partial charge in [-0.3, -0.25) is 4.79 Å². The minimum Gasteiger partial charge on any atom is -0.480 e. The van der Waals surface area contributed by atoms with E-state index in [0.29, 0.717) is 6.42 Å². The van der Waals surface area contributed by atoms with E-state index >= 15 is 0 Å². The van der Waals surface area contributed by atoms with E-state index in [1.165, 1.54) is 12.1 Å². The van der Waals surface area contributed by atoms with E-state index in [4.69, 9.17) is 4.42 Å². The first-order chi connectivity index (χ1) is 11.9. The second-order valence-corrected chi connectivity index (χ2v) is 8.35. The van der Waals surface area contributed by atoms with Crippen molar-refractivity contribution in [2.75, 3.05) is 0 Å². The SMILES string of the molecule is Cc1ccc(S(=O)(=O)C(CCCCCCc2ccco2)C(=O)O)cc1. The van der Waals surface area contributed by atoms with Crippen LogP contribution >= 0.6 is 0 Å². The maximum Gasteiger partial charge on any atom is 0.322 e. The average molecular weight is 364 g/mol. The van der Waals surface area contributed by atoms with E-state index in [9.17, 15) is 18.3 Å². The second-order valence-electron chi connectivity index (χ2n) is 6.22. The van der Waals surface area contributed by atoms with Crippen LogP contribution < -0.4 is 0 Å². The molecule has 1 aromatic carbocycles. The number of rotatable bonds is 10. The van der Waals surface area contributed by atoms with Gasteiger partial charge in [0.05, 0.1) is 11.2 Å². The second kappa shape index (κ2) is 8.85. The first kappa shape index (κ1) is 19.2. The number of furan rings is 1. The molecule has 0 saturated heterocycles. The number of benzene rings is 1. The molecule has 1 N–H and O–H groups in total. The van der Waals surface area contributed by atoms with Gasteiger partial charge in [-0.05, 0) is 44.0 Å². The van der Waals surface area contributed by atoms with Crippen molar-refractivity contribution >= 4 is 15.8 Å². The topological polar surface area (TPSA) is 84.6 Å². The Labute approximate surface area is 148 Å². The molecule has 0 aliphatic heterocycles. The molecular weight excluding hydrogens is 340 g/mol. The van der Waals surface area contributed by atoms with Gasteiger partial charge in [-0.15, -0.1) is 0 Å². The highest BCUT2D eigenvalue weighted by molar-refractivity contribution is 7.92. The van der Waals surface area contributed by atoms with Gasteiger partial charge in [0.2, 0.25) is 0 Å². The molecule has 1 atom stereocenters. The summed E-state index contributed by atoms with van der Waals surface area (Å²) in [7, 11) is -3.86. The van der Waals surface area contributed by atoms with Crippen LogP contribution in [0.4, 0.5) is 0 Å². The number of sulfone groups is 1. The largest absolute Gasteiger partial charge is 0.480 e. The van der Waals surface area contributed by atoms with Gasteiger partial charge in [0, 0.05) is 6.42 Å². The van der Waals surface area contributed by atoms with Gasteiger partial charge in [0.1, 0.15) is 5.76 Å². The van der Waals surface area contributed by atoms with Gasteiger partial charge < -0.3 is 9.52 Å². The first-order valence-corrected chi connectivity index (χ1v) is 10.0. The molecule has 0 spiro atoms. The minimum atomic E-state index is -3.86. The number of aryl methyl sites for hydroxylation is 2. The summed E-state index contributed by atoms with van der Waals surface area (Å²) in [5, 5.41) is 7.97. The summed E-state index contributed by atoms with van der Waals surface area (Å²) in [6.07, 6.45) is 5.84. The van der Waals surface area contributed by atoms with Crippen LogP contribution in [0.25, 0.3) is 0 Å². The number of aliphatic carboxylic acids is 1. The maximum absolute atomic E-state index is 12.6. The molecular formula is C19H24O5S. The Bertz CT molecular complexity index is 761. The Hall–Kier alpha value is -2.08. The summed E-state index contributed by atoms with van der Waals surface area (Å²) < 4.78 is 30.4. The molecule has 2 aromatic rings. The Morgan fingerprint density at radius 2 is 1.76 bits per heavy atom. The van der Waals surface area contributed by atoms with Crippen LogP contribution in [0, 0.1) is 6.92 Å². The molecule has 1 aromatic heterocycles. The molecule has 25 heavy (non-hydrogen) atoms. The van der Waals surface area contributed by atoms with Crippen molar-refractivity contribution in [1.82, 2.24) is 0 Å². The van der Waals surface area contributed by atoms with Crippen LogP contribution in [-0.2, 0) is 21.1 Å². The summed E-state index contributed by atoms with van der Waals surface area (Å²) in [5.74, 6) is -0.346. The maximum atomic E-state index is 12.6. The summed E-state index contributed by atoms with van der Waals surface area (Å²) in [6, 6.07) is 10.1. The molecule has 136 valence electrons. The van der Waals surface area contributed by atoms with E-state index < -0.39 is 21.1 Å². The first-order valence-electron chi connectivity index (χ1n) is 8.47. The zero-order valence-corrected chi connectivity index (χ0v) is 15.2. The van der Waals surface area contributed by atoms with Gasteiger partial charge in [-0.25, -0.2) is 8.42 Å². The summed E-state index contributed by atoms with van der Waals surface area (Å²) >= 11 is 0. The van der Waals surface area contributed by atoms with Gasteiger partial charge >= 0.3 is 5.97 Å². The van der Waals surface area contributed by atoms with Crippen molar-refractivity contribution in [2.24, 2.45) is 0 Å². The predicted octanol–water partition coefficient (Wildman–Crippen LogP) is 4.01. The lowest BCUT2D eigenvalue weighted by Crippen LogP contribution is -2.30. The predicted molar refractivity (Wildman–Crippen MR) is 95.3 cm³/mol. The lowest BCUT2D eigenvalue weighted by Gasteiger charge is -2.14. The molecule has 0 fully saturated rings. The van der Waals surface area contributed by atoms with E-state index in [2.05, 4.69) is 0 Å². The zero-order chi connectivity index (χ0) is 18.3. The third-order valence-corrected chi connectivity index (χ3v) is 6.33. The highest BCUT2D eigenvalue weighted by Gasteiger charge is 2.33. The lowest BCUT2D eigenvalue weighted by atomic mass is 10.1. The molecule has 1 heterocycles. The van der Waals surface area contributed by atoms with Gasteiger partial charge in [0.15, 0.2) is 15.1 Å². The van der Waals surface area contributed by atoms with Crippen LogP contribution in [0.1, 0.15) is 43.4 Å². The fourth-order valence-electron chi connectivity index (χ4n) is 2.74. The van der Waals surface area contributed by atoms with Crippen molar-refractivity contribution in [3.63, 3.8) is 0 Å². The molecule has 5 nitrogen and oxygen atoms in total. The smallest absolute Gasteiger partial charge is 0.322 e. The number of hydrogen-bond donors (Lipinski definition) is 1.